The van der Waals surface area contributed by atoms with Crippen LogP contribution < -0.4 is 0 Å². The van der Waals surface area contributed by atoms with Gasteiger partial charge in [0.2, 0.25) is 0 Å². The molecule has 0 saturated heterocycles. The number of carbonyl (C=O) groups is 2. The van der Waals surface area contributed by atoms with Gasteiger partial charge in [-0.2, -0.15) is 0 Å². The molecule has 0 N–H and O–H groups in total. The van der Waals surface area contributed by atoms with Crippen LogP contribution in [0.5, 0.6) is 0 Å². The molecular weight excluding hydrogens is 154 g/mol. The van der Waals surface area contributed by atoms with Gasteiger partial charge in [-0.25, -0.2) is 0 Å². The molecule has 1 heterocycles. The summed E-state index contributed by atoms with van der Waals surface area (Å²) in [6, 6.07) is 0. The van der Waals surface area contributed by atoms with Crippen molar-refractivity contribution in [1.29, 1.82) is 0 Å². The molecule has 0 unspecified atom stereocenters. The van der Waals surface area contributed by atoms with Crippen LogP contribution >= 0.6 is 0 Å². The Labute approximate surface area is 72.0 Å². The number of carbonyl (C=O) groups excluding carboxylic acids is 2. The molecule has 0 saturated carbocycles. The van der Waals surface area contributed by atoms with Crippen LogP contribution in [0.2, 0.25) is 0 Å². The second kappa shape index (κ2) is 2.73. The predicted molar refractivity (Wildman–Crippen MR) is 45.3 cm³/mol. The maximum absolute atomic E-state index is 11.4. The number of likely N-dealkylation sites (N-methyl/N-ethyl adjacent to an activating group) is 1. The molecule has 0 spiro atoms. The van der Waals surface area contributed by atoms with Crippen molar-refractivity contribution in [2.75, 3.05) is 7.05 Å². The Morgan fingerprint density at radius 3 is 1.83 bits per heavy atom. The lowest BCUT2D eigenvalue weighted by atomic mass is 10.00. The Kier molecular flexibility index (Phi) is 2.04. The molecule has 0 radical (unpaired) electrons. The van der Waals surface area contributed by atoms with Gasteiger partial charge < -0.3 is 0 Å². The van der Waals surface area contributed by atoms with Gasteiger partial charge in [-0.05, 0) is 12.8 Å². The van der Waals surface area contributed by atoms with E-state index >= 15 is 0 Å². The molecule has 1 aliphatic heterocycles. The fraction of sp³-hybridized carbons (Fsp3) is 0.556. The molecule has 3 heteroatoms. The summed E-state index contributed by atoms with van der Waals surface area (Å²) in [6.45, 7) is 5.55. The third-order valence-electron chi connectivity index (χ3n) is 2.14. The first-order valence-electron chi connectivity index (χ1n) is 4.00. The third-order valence-corrected chi connectivity index (χ3v) is 2.14. The van der Waals surface area contributed by atoms with E-state index in [0.717, 1.165) is 0 Å². The topological polar surface area (TPSA) is 37.4 Å². The normalized spacial score (nSPS) is 18.6. The lowest BCUT2D eigenvalue weighted by molar-refractivity contribution is -0.136. The lowest BCUT2D eigenvalue weighted by Gasteiger charge is -2.07. The van der Waals surface area contributed by atoms with E-state index in [2.05, 4.69) is 0 Å². The number of imide groups is 1. The van der Waals surface area contributed by atoms with Gasteiger partial charge in [-0.3, -0.25) is 14.5 Å². The molecule has 0 bridgehead atoms. The van der Waals surface area contributed by atoms with Gasteiger partial charge in [0, 0.05) is 18.2 Å². The molecule has 0 aromatic heterocycles. The summed E-state index contributed by atoms with van der Waals surface area (Å²) in [4.78, 5) is 23.9. The summed E-state index contributed by atoms with van der Waals surface area (Å²) in [6.07, 6.45) is 0. The van der Waals surface area contributed by atoms with E-state index in [4.69, 9.17) is 0 Å². The fourth-order valence-corrected chi connectivity index (χ4v) is 1.48. The standard InChI is InChI=1S/C9H13NO2/c1-5(2)7-6(3)8(11)10(4)9(7)12/h5H,1-4H3. The molecule has 66 valence electrons. The van der Waals surface area contributed by atoms with Crippen molar-refractivity contribution in [1.82, 2.24) is 4.90 Å². The van der Waals surface area contributed by atoms with Gasteiger partial charge in [0.15, 0.2) is 0 Å². The van der Waals surface area contributed by atoms with Crippen LogP contribution in [-0.2, 0) is 9.59 Å². The highest BCUT2D eigenvalue weighted by atomic mass is 16.2. The number of hydrogen-bond acceptors (Lipinski definition) is 2. The Morgan fingerprint density at radius 1 is 1.17 bits per heavy atom. The Bertz CT molecular complexity index is 276. The molecule has 0 aromatic rings. The average molecular weight is 167 g/mol. The summed E-state index contributed by atoms with van der Waals surface area (Å²) in [7, 11) is 1.52. The van der Waals surface area contributed by atoms with E-state index in [0.29, 0.717) is 11.1 Å². The van der Waals surface area contributed by atoms with E-state index in [1.807, 2.05) is 13.8 Å². The van der Waals surface area contributed by atoms with Crippen LogP contribution in [-0.4, -0.2) is 23.8 Å². The van der Waals surface area contributed by atoms with Crippen molar-refractivity contribution in [2.45, 2.75) is 20.8 Å². The third kappa shape index (κ3) is 1.05. The summed E-state index contributed by atoms with van der Waals surface area (Å²) >= 11 is 0. The van der Waals surface area contributed by atoms with Crippen LogP contribution in [0.4, 0.5) is 0 Å². The van der Waals surface area contributed by atoms with Crippen molar-refractivity contribution >= 4 is 11.8 Å². The Balaban J connectivity index is 3.13. The first kappa shape index (κ1) is 8.97. The van der Waals surface area contributed by atoms with Crippen molar-refractivity contribution in [3.63, 3.8) is 0 Å². The monoisotopic (exact) mass is 167 g/mol. The number of nitrogens with zero attached hydrogens (tertiary/aromatic N) is 1. The fourth-order valence-electron chi connectivity index (χ4n) is 1.48. The first-order chi connectivity index (χ1) is 5.46. The minimum atomic E-state index is -0.163. The van der Waals surface area contributed by atoms with E-state index in [9.17, 15) is 9.59 Å². The molecule has 0 aromatic carbocycles. The maximum atomic E-state index is 11.4. The summed E-state index contributed by atoms with van der Waals surface area (Å²) in [5.41, 5.74) is 1.25. The van der Waals surface area contributed by atoms with Gasteiger partial charge in [-0.1, -0.05) is 13.8 Å². The zero-order valence-corrected chi connectivity index (χ0v) is 7.84. The summed E-state index contributed by atoms with van der Waals surface area (Å²) in [5.74, 6) is -0.178. The van der Waals surface area contributed by atoms with E-state index in [1.54, 1.807) is 6.92 Å². The lowest BCUT2D eigenvalue weighted by Crippen LogP contribution is -2.27. The molecule has 12 heavy (non-hydrogen) atoms. The van der Waals surface area contributed by atoms with Gasteiger partial charge in [-0.15, -0.1) is 0 Å². The quantitative estimate of drug-likeness (QED) is 0.545. The number of rotatable bonds is 1. The SMILES string of the molecule is CC1=C(C(C)C)C(=O)N(C)C1=O. The van der Waals surface area contributed by atoms with E-state index in [1.165, 1.54) is 11.9 Å². The van der Waals surface area contributed by atoms with Crippen molar-refractivity contribution in [2.24, 2.45) is 5.92 Å². The van der Waals surface area contributed by atoms with Crippen molar-refractivity contribution in [3.8, 4) is 0 Å². The van der Waals surface area contributed by atoms with Crippen LogP contribution in [0.1, 0.15) is 20.8 Å². The zero-order chi connectivity index (χ0) is 9.46. The van der Waals surface area contributed by atoms with Gasteiger partial charge in [0.05, 0.1) is 0 Å². The Hall–Kier alpha value is -1.12. The molecule has 2 amide bonds. The minimum absolute atomic E-state index is 0.131. The second-order valence-corrected chi connectivity index (χ2v) is 3.36. The van der Waals surface area contributed by atoms with Gasteiger partial charge in [0.1, 0.15) is 0 Å². The van der Waals surface area contributed by atoms with Gasteiger partial charge in [0.25, 0.3) is 11.8 Å². The average Bonchev–Trinajstić information content (AvgIpc) is 2.16. The van der Waals surface area contributed by atoms with Crippen molar-refractivity contribution in [3.05, 3.63) is 11.1 Å². The highest BCUT2D eigenvalue weighted by Crippen LogP contribution is 2.24. The Morgan fingerprint density at radius 2 is 1.67 bits per heavy atom. The van der Waals surface area contributed by atoms with E-state index in [-0.39, 0.29) is 17.7 Å². The van der Waals surface area contributed by atoms with E-state index < -0.39 is 0 Å². The van der Waals surface area contributed by atoms with Crippen molar-refractivity contribution < 1.29 is 9.59 Å². The zero-order valence-electron chi connectivity index (χ0n) is 7.84. The summed E-state index contributed by atoms with van der Waals surface area (Å²) in [5, 5.41) is 0. The van der Waals surface area contributed by atoms with Crippen LogP contribution in [0.15, 0.2) is 11.1 Å². The molecular formula is C9H13NO2. The largest absolute Gasteiger partial charge is 0.278 e. The highest BCUT2D eigenvalue weighted by Gasteiger charge is 2.33. The molecule has 0 fully saturated rings. The smallest absolute Gasteiger partial charge is 0.257 e. The number of amides is 2. The van der Waals surface area contributed by atoms with Crippen LogP contribution in [0.3, 0.4) is 0 Å². The molecule has 0 atom stereocenters. The number of hydrogen-bond donors (Lipinski definition) is 0. The van der Waals surface area contributed by atoms with Crippen LogP contribution in [0.25, 0.3) is 0 Å². The van der Waals surface area contributed by atoms with Gasteiger partial charge >= 0.3 is 0 Å². The second-order valence-electron chi connectivity index (χ2n) is 3.36. The molecule has 1 rings (SSSR count). The minimum Gasteiger partial charge on any atom is -0.278 e. The maximum Gasteiger partial charge on any atom is 0.257 e. The molecule has 1 aliphatic rings. The van der Waals surface area contributed by atoms with Crippen LogP contribution in [0, 0.1) is 5.92 Å². The first-order valence-corrected chi connectivity index (χ1v) is 4.00. The highest BCUT2D eigenvalue weighted by molar-refractivity contribution is 6.18. The molecule has 3 nitrogen and oxygen atoms in total. The predicted octanol–water partition coefficient (Wildman–Crippen LogP) is 0.958. The summed E-state index contributed by atoms with van der Waals surface area (Å²) < 4.78 is 0. The molecule has 0 aliphatic carbocycles.